The molecule has 0 amide bonds. The summed E-state index contributed by atoms with van der Waals surface area (Å²) in [5.74, 6) is 0. The zero-order valence-corrected chi connectivity index (χ0v) is 16.0. The van der Waals surface area contributed by atoms with Crippen LogP contribution in [0.25, 0.3) is 0 Å². The topological polar surface area (TPSA) is 28.2 Å². The van der Waals surface area contributed by atoms with Gasteiger partial charge in [-0.15, -0.1) is 24.8 Å². The average Bonchev–Trinajstić information content (AvgIpc) is 2.46. The van der Waals surface area contributed by atoms with Crippen LogP contribution in [0, 0.1) is 0 Å². The Kier molecular flexibility index (Phi) is 11.8. The summed E-state index contributed by atoms with van der Waals surface area (Å²) >= 11 is 12.7. The van der Waals surface area contributed by atoms with Crippen LogP contribution in [-0.4, -0.2) is 36.1 Å². The van der Waals surface area contributed by atoms with Crippen LogP contribution in [0.1, 0.15) is 44.2 Å². The van der Waals surface area contributed by atoms with E-state index in [9.17, 15) is 0 Å². The van der Waals surface area contributed by atoms with E-state index in [0.717, 1.165) is 38.2 Å². The van der Waals surface area contributed by atoms with Gasteiger partial charge in [0.05, 0.1) is 10.0 Å². The minimum Gasteiger partial charge on any atom is -0.314 e. The van der Waals surface area contributed by atoms with Crippen molar-refractivity contribution in [3.05, 3.63) is 28.0 Å². The fourth-order valence-corrected chi connectivity index (χ4v) is 3.45. The lowest BCUT2D eigenvalue weighted by Gasteiger charge is -2.36. The Morgan fingerprint density at radius 2 is 1.73 bits per heavy atom. The maximum absolute atomic E-state index is 6.37. The molecule has 1 aliphatic rings. The van der Waals surface area contributed by atoms with E-state index in [4.69, 9.17) is 23.2 Å². The monoisotopic (exact) mass is 387 g/mol. The van der Waals surface area contributed by atoms with Gasteiger partial charge in [-0.05, 0) is 6.42 Å². The molecule has 1 aliphatic heterocycles. The molecule has 0 bridgehead atoms. The number of aromatic nitrogens is 1. The SMILES string of the molecule is CCCCC[C@H](c1c(Cl)cncc1Cl)N1CCNCC1.Cl.Cl. The first-order valence-corrected chi connectivity index (χ1v) is 8.23. The van der Waals surface area contributed by atoms with Gasteiger partial charge in [0, 0.05) is 50.2 Å². The number of piperazine rings is 1. The number of pyridine rings is 1. The van der Waals surface area contributed by atoms with Crippen LogP contribution in [-0.2, 0) is 0 Å². The summed E-state index contributed by atoms with van der Waals surface area (Å²) in [6.07, 6.45) is 8.21. The Balaban J connectivity index is 0.00000220. The van der Waals surface area contributed by atoms with Crippen molar-refractivity contribution in [1.29, 1.82) is 0 Å². The zero-order chi connectivity index (χ0) is 14.4. The fraction of sp³-hybridized carbons (Fsp3) is 0.667. The first kappa shape index (κ1) is 22.2. The lowest BCUT2D eigenvalue weighted by Crippen LogP contribution is -2.45. The maximum atomic E-state index is 6.37. The molecule has 1 atom stereocenters. The van der Waals surface area contributed by atoms with Gasteiger partial charge >= 0.3 is 0 Å². The first-order valence-electron chi connectivity index (χ1n) is 7.47. The lowest BCUT2D eigenvalue weighted by atomic mass is 9.99. The quantitative estimate of drug-likeness (QED) is 0.712. The third kappa shape index (κ3) is 6.03. The van der Waals surface area contributed by atoms with E-state index in [-0.39, 0.29) is 24.8 Å². The highest BCUT2D eigenvalue weighted by Gasteiger charge is 2.25. The number of nitrogens with one attached hydrogen (secondary N) is 1. The largest absolute Gasteiger partial charge is 0.314 e. The van der Waals surface area contributed by atoms with E-state index in [2.05, 4.69) is 22.1 Å². The molecule has 1 saturated heterocycles. The van der Waals surface area contributed by atoms with Gasteiger partial charge < -0.3 is 5.32 Å². The van der Waals surface area contributed by atoms with Gasteiger partial charge in [0.25, 0.3) is 0 Å². The molecule has 0 saturated carbocycles. The second kappa shape index (κ2) is 11.7. The van der Waals surface area contributed by atoms with Gasteiger partial charge in [-0.25, -0.2) is 0 Å². The van der Waals surface area contributed by atoms with Crippen LogP contribution >= 0.6 is 48.0 Å². The number of hydrogen-bond acceptors (Lipinski definition) is 3. The predicted octanol–water partition coefficient (Wildman–Crippen LogP) is 4.76. The molecule has 1 aromatic heterocycles. The summed E-state index contributed by atoms with van der Waals surface area (Å²) in [5, 5.41) is 4.78. The van der Waals surface area contributed by atoms with E-state index in [0.29, 0.717) is 16.1 Å². The Morgan fingerprint density at radius 3 is 2.27 bits per heavy atom. The minimum atomic E-state index is 0. The molecule has 0 aliphatic carbocycles. The molecule has 3 nitrogen and oxygen atoms in total. The molecule has 0 spiro atoms. The third-order valence-electron chi connectivity index (χ3n) is 3.90. The van der Waals surface area contributed by atoms with Crippen molar-refractivity contribution in [1.82, 2.24) is 15.2 Å². The third-order valence-corrected chi connectivity index (χ3v) is 4.50. The molecule has 2 heterocycles. The highest BCUT2D eigenvalue weighted by molar-refractivity contribution is 6.35. The van der Waals surface area contributed by atoms with Gasteiger partial charge in [-0.1, -0.05) is 49.4 Å². The number of rotatable bonds is 6. The van der Waals surface area contributed by atoms with E-state index < -0.39 is 0 Å². The van der Waals surface area contributed by atoms with Crippen molar-refractivity contribution in [3.63, 3.8) is 0 Å². The van der Waals surface area contributed by atoms with Crippen molar-refractivity contribution in [2.24, 2.45) is 0 Å². The number of hydrogen-bond donors (Lipinski definition) is 1. The smallest absolute Gasteiger partial charge is 0.0652 e. The molecule has 22 heavy (non-hydrogen) atoms. The van der Waals surface area contributed by atoms with Gasteiger partial charge in [0.2, 0.25) is 0 Å². The first-order chi connectivity index (χ1) is 9.74. The normalized spacial score (nSPS) is 16.5. The van der Waals surface area contributed by atoms with Crippen LogP contribution in [0.3, 0.4) is 0 Å². The van der Waals surface area contributed by atoms with Gasteiger partial charge in [0.15, 0.2) is 0 Å². The highest BCUT2D eigenvalue weighted by Crippen LogP contribution is 2.36. The maximum Gasteiger partial charge on any atom is 0.0652 e. The van der Waals surface area contributed by atoms with Crippen molar-refractivity contribution < 1.29 is 0 Å². The van der Waals surface area contributed by atoms with Crippen LogP contribution in [0.5, 0.6) is 0 Å². The van der Waals surface area contributed by atoms with Crippen LogP contribution < -0.4 is 5.32 Å². The molecule has 7 heteroatoms. The Bertz CT molecular complexity index is 405. The van der Waals surface area contributed by atoms with Crippen molar-refractivity contribution in [2.75, 3.05) is 26.2 Å². The average molecular weight is 389 g/mol. The Labute approximate surface area is 156 Å². The molecule has 1 aromatic rings. The highest BCUT2D eigenvalue weighted by atomic mass is 35.5. The predicted molar refractivity (Wildman–Crippen MR) is 100 cm³/mol. The fourth-order valence-electron chi connectivity index (χ4n) is 2.83. The van der Waals surface area contributed by atoms with Gasteiger partial charge in [0.1, 0.15) is 0 Å². The summed E-state index contributed by atoms with van der Waals surface area (Å²) in [6, 6.07) is 0.312. The second-order valence-corrected chi connectivity index (χ2v) is 6.13. The molecule has 0 aromatic carbocycles. The molecule has 0 unspecified atom stereocenters. The molecular weight excluding hydrogens is 364 g/mol. The second-order valence-electron chi connectivity index (χ2n) is 5.31. The number of nitrogens with zero attached hydrogens (tertiary/aromatic N) is 2. The number of unbranched alkanes of at least 4 members (excludes halogenated alkanes) is 2. The van der Waals surface area contributed by atoms with Crippen molar-refractivity contribution >= 4 is 48.0 Å². The molecule has 0 radical (unpaired) electrons. The van der Waals surface area contributed by atoms with E-state index in [1.54, 1.807) is 12.4 Å². The van der Waals surface area contributed by atoms with Crippen LogP contribution in [0.4, 0.5) is 0 Å². The van der Waals surface area contributed by atoms with E-state index in [1.165, 1.54) is 19.3 Å². The van der Waals surface area contributed by atoms with Crippen molar-refractivity contribution in [3.8, 4) is 0 Å². The minimum absolute atomic E-state index is 0. The van der Waals surface area contributed by atoms with E-state index in [1.807, 2.05) is 0 Å². The molecule has 128 valence electrons. The Hall–Kier alpha value is 0.230. The summed E-state index contributed by atoms with van der Waals surface area (Å²) in [7, 11) is 0. The molecule has 1 N–H and O–H groups in total. The summed E-state index contributed by atoms with van der Waals surface area (Å²) in [4.78, 5) is 6.57. The summed E-state index contributed by atoms with van der Waals surface area (Å²) in [6.45, 7) is 6.39. The summed E-state index contributed by atoms with van der Waals surface area (Å²) < 4.78 is 0. The number of halogens is 4. The molecule has 2 rings (SSSR count). The summed E-state index contributed by atoms with van der Waals surface area (Å²) in [5.41, 5.74) is 1.06. The zero-order valence-electron chi connectivity index (χ0n) is 12.9. The molecular formula is C15H25Cl4N3. The van der Waals surface area contributed by atoms with Gasteiger partial charge in [-0.2, -0.15) is 0 Å². The van der Waals surface area contributed by atoms with E-state index >= 15 is 0 Å². The molecule has 1 fully saturated rings. The van der Waals surface area contributed by atoms with Crippen LogP contribution in [0.15, 0.2) is 12.4 Å². The standard InChI is InChI=1S/C15H23Cl2N3.2ClH/c1-2-3-4-5-14(20-8-6-18-7-9-20)15-12(16)10-19-11-13(15)17;;/h10-11,14,18H,2-9H2,1H3;2*1H/t14-;;/m1../s1. The van der Waals surface area contributed by atoms with Gasteiger partial charge in [-0.3, -0.25) is 9.88 Å². The van der Waals surface area contributed by atoms with Crippen molar-refractivity contribution in [2.45, 2.75) is 38.6 Å². The Morgan fingerprint density at radius 1 is 1.14 bits per heavy atom. The lowest BCUT2D eigenvalue weighted by molar-refractivity contribution is 0.163. The van der Waals surface area contributed by atoms with Crippen LogP contribution in [0.2, 0.25) is 10.0 Å².